The van der Waals surface area contributed by atoms with Gasteiger partial charge in [-0.3, -0.25) is 14.5 Å². The average Bonchev–Trinajstić information content (AvgIpc) is 3.42. The predicted octanol–water partition coefficient (Wildman–Crippen LogP) is 3.10. The van der Waals surface area contributed by atoms with Crippen molar-refractivity contribution >= 4 is 41.5 Å². The van der Waals surface area contributed by atoms with Gasteiger partial charge in [0.2, 0.25) is 0 Å². The Morgan fingerprint density at radius 3 is 2.83 bits per heavy atom. The van der Waals surface area contributed by atoms with Gasteiger partial charge in [-0.2, -0.15) is 5.10 Å². The largest absolute Gasteiger partial charge is 0.459 e. The smallest absolute Gasteiger partial charge is 0.291 e. The molecule has 0 unspecified atom stereocenters. The van der Waals surface area contributed by atoms with E-state index < -0.39 is 0 Å². The molecule has 1 aromatic carbocycles. The van der Waals surface area contributed by atoms with Crippen LogP contribution < -0.4 is 16.0 Å². The van der Waals surface area contributed by atoms with Crippen LogP contribution in [0.4, 0.5) is 5.69 Å². The molecule has 3 N–H and O–H groups in total. The second-order valence-electron chi connectivity index (χ2n) is 6.11. The number of halogens is 1. The minimum absolute atomic E-state index is 0. The van der Waals surface area contributed by atoms with Gasteiger partial charge in [-0.15, -0.1) is 24.0 Å². The van der Waals surface area contributed by atoms with Gasteiger partial charge < -0.3 is 20.4 Å². The molecule has 0 saturated carbocycles. The van der Waals surface area contributed by atoms with Gasteiger partial charge in [0, 0.05) is 44.8 Å². The number of aryl methyl sites for hydroxylation is 1. The number of nitrogens with one attached hydrogen (secondary N) is 3. The number of benzene rings is 1. The molecule has 0 saturated heterocycles. The van der Waals surface area contributed by atoms with Crippen molar-refractivity contribution in [2.24, 2.45) is 4.99 Å². The molecule has 0 bridgehead atoms. The third kappa shape index (κ3) is 7.26. The summed E-state index contributed by atoms with van der Waals surface area (Å²) in [7, 11) is 1.74. The zero-order valence-electron chi connectivity index (χ0n) is 16.2. The fraction of sp³-hybridized carbons (Fsp3) is 0.250. The Hall–Kier alpha value is -2.82. The Labute approximate surface area is 186 Å². The lowest BCUT2D eigenvalue weighted by atomic mass is 10.2. The number of hydrogen-bond donors (Lipinski definition) is 3. The summed E-state index contributed by atoms with van der Waals surface area (Å²) < 4.78 is 7.01. The first-order chi connectivity index (χ1) is 13.7. The standard InChI is InChI=1S/C20H24N6O2.HI/c1-21-20(22-9-4-11-26-12-5-10-24-26)23-15-16-6-2-7-17(14-16)25-19(27)18-8-3-13-28-18;/h2-3,5-8,10,12-14H,4,9,11,15H2,1H3,(H,25,27)(H2,21,22,23);1H. The molecular weight excluding hydrogens is 483 g/mol. The molecule has 29 heavy (non-hydrogen) atoms. The molecule has 0 spiro atoms. The van der Waals surface area contributed by atoms with E-state index in [1.165, 1.54) is 6.26 Å². The van der Waals surface area contributed by atoms with Crippen LogP contribution in [0.5, 0.6) is 0 Å². The zero-order valence-corrected chi connectivity index (χ0v) is 18.5. The highest BCUT2D eigenvalue weighted by Crippen LogP contribution is 2.12. The Morgan fingerprint density at radius 2 is 2.10 bits per heavy atom. The van der Waals surface area contributed by atoms with Crippen LogP contribution in [0.3, 0.4) is 0 Å². The lowest BCUT2D eigenvalue weighted by molar-refractivity contribution is 0.0996. The number of aliphatic imine (C=N–C) groups is 1. The van der Waals surface area contributed by atoms with E-state index >= 15 is 0 Å². The average molecular weight is 508 g/mol. The number of furan rings is 1. The maximum Gasteiger partial charge on any atom is 0.291 e. The van der Waals surface area contributed by atoms with E-state index in [2.05, 4.69) is 26.0 Å². The highest BCUT2D eigenvalue weighted by Gasteiger charge is 2.08. The minimum atomic E-state index is -0.273. The predicted molar refractivity (Wildman–Crippen MR) is 124 cm³/mol. The van der Waals surface area contributed by atoms with E-state index in [0.717, 1.165) is 31.0 Å². The fourth-order valence-electron chi connectivity index (χ4n) is 2.65. The van der Waals surface area contributed by atoms with Crippen LogP contribution in [0.25, 0.3) is 0 Å². The van der Waals surface area contributed by atoms with Crippen LogP contribution in [0.2, 0.25) is 0 Å². The summed E-state index contributed by atoms with van der Waals surface area (Å²) in [4.78, 5) is 16.3. The van der Waals surface area contributed by atoms with E-state index in [9.17, 15) is 4.79 Å². The first-order valence-corrected chi connectivity index (χ1v) is 9.10. The van der Waals surface area contributed by atoms with Crippen LogP contribution in [0, 0.1) is 0 Å². The highest BCUT2D eigenvalue weighted by molar-refractivity contribution is 14.0. The van der Waals surface area contributed by atoms with Crippen molar-refractivity contribution in [3.63, 3.8) is 0 Å². The van der Waals surface area contributed by atoms with Gasteiger partial charge in [0.25, 0.3) is 5.91 Å². The summed E-state index contributed by atoms with van der Waals surface area (Å²) in [6, 6.07) is 12.9. The summed E-state index contributed by atoms with van der Waals surface area (Å²) in [6.07, 6.45) is 6.14. The summed E-state index contributed by atoms with van der Waals surface area (Å²) in [5.74, 6) is 0.735. The lowest BCUT2D eigenvalue weighted by Crippen LogP contribution is -2.37. The number of amides is 1. The van der Waals surface area contributed by atoms with Crippen molar-refractivity contribution in [3.05, 3.63) is 72.4 Å². The molecule has 0 aliphatic carbocycles. The normalized spacial score (nSPS) is 10.9. The van der Waals surface area contributed by atoms with E-state index in [-0.39, 0.29) is 35.6 Å². The van der Waals surface area contributed by atoms with Gasteiger partial charge >= 0.3 is 0 Å². The number of aromatic nitrogens is 2. The van der Waals surface area contributed by atoms with E-state index in [1.807, 2.05) is 41.2 Å². The van der Waals surface area contributed by atoms with Crippen molar-refractivity contribution in [2.75, 3.05) is 18.9 Å². The first kappa shape index (κ1) is 22.5. The molecule has 0 atom stereocenters. The molecular formula is C20H25IN6O2. The lowest BCUT2D eigenvalue weighted by Gasteiger charge is -2.12. The minimum Gasteiger partial charge on any atom is -0.459 e. The number of nitrogens with zero attached hydrogens (tertiary/aromatic N) is 3. The van der Waals surface area contributed by atoms with Crippen molar-refractivity contribution in [1.29, 1.82) is 0 Å². The van der Waals surface area contributed by atoms with Crippen molar-refractivity contribution in [1.82, 2.24) is 20.4 Å². The Balaban J connectivity index is 0.00000300. The van der Waals surface area contributed by atoms with E-state index in [1.54, 1.807) is 25.4 Å². The summed E-state index contributed by atoms with van der Waals surface area (Å²) >= 11 is 0. The molecule has 3 aromatic rings. The van der Waals surface area contributed by atoms with Crippen molar-refractivity contribution < 1.29 is 9.21 Å². The second-order valence-corrected chi connectivity index (χ2v) is 6.11. The molecule has 0 aliphatic heterocycles. The summed E-state index contributed by atoms with van der Waals surface area (Å²) in [5.41, 5.74) is 1.74. The Bertz CT molecular complexity index is 894. The maximum atomic E-state index is 12.1. The van der Waals surface area contributed by atoms with Gasteiger partial charge in [-0.05, 0) is 42.3 Å². The summed E-state index contributed by atoms with van der Waals surface area (Å²) in [5, 5.41) is 13.6. The van der Waals surface area contributed by atoms with Crippen LogP contribution >= 0.6 is 24.0 Å². The van der Waals surface area contributed by atoms with Gasteiger partial charge in [-0.1, -0.05) is 12.1 Å². The fourth-order valence-corrected chi connectivity index (χ4v) is 2.65. The number of anilines is 1. The van der Waals surface area contributed by atoms with Gasteiger partial charge in [0.15, 0.2) is 11.7 Å². The maximum absolute atomic E-state index is 12.1. The van der Waals surface area contributed by atoms with Crippen LogP contribution in [-0.2, 0) is 13.1 Å². The Kier molecular flexibility index (Phi) is 9.22. The number of carbonyl (C=O) groups excluding carboxylic acids is 1. The third-order valence-corrected chi connectivity index (χ3v) is 4.03. The second kappa shape index (κ2) is 11.9. The number of rotatable bonds is 8. The first-order valence-electron chi connectivity index (χ1n) is 9.10. The third-order valence-electron chi connectivity index (χ3n) is 4.03. The zero-order chi connectivity index (χ0) is 19.6. The molecule has 0 fully saturated rings. The van der Waals surface area contributed by atoms with Crippen LogP contribution in [-0.4, -0.2) is 35.2 Å². The molecule has 0 radical (unpaired) electrons. The molecule has 154 valence electrons. The van der Waals surface area contributed by atoms with Crippen molar-refractivity contribution in [2.45, 2.75) is 19.5 Å². The van der Waals surface area contributed by atoms with Crippen LogP contribution in [0.15, 0.2) is 70.5 Å². The molecule has 9 heteroatoms. The van der Waals surface area contributed by atoms with Crippen molar-refractivity contribution in [3.8, 4) is 0 Å². The molecule has 3 rings (SSSR count). The van der Waals surface area contributed by atoms with E-state index in [0.29, 0.717) is 12.2 Å². The molecule has 1 amide bonds. The number of guanidine groups is 1. The van der Waals surface area contributed by atoms with Gasteiger partial charge in [0.05, 0.1) is 6.26 Å². The van der Waals surface area contributed by atoms with Crippen LogP contribution in [0.1, 0.15) is 22.5 Å². The SMILES string of the molecule is CN=C(NCCCn1cccn1)NCc1cccc(NC(=O)c2ccco2)c1.I. The summed E-state index contributed by atoms with van der Waals surface area (Å²) in [6.45, 7) is 2.23. The number of carbonyl (C=O) groups is 1. The molecule has 2 aromatic heterocycles. The topological polar surface area (TPSA) is 96.5 Å². The Morgan fingerprint density at radius 1 is 1.21 bits per heavy atom. The van der Waals surface area contributed by atoms with Gasteiger partial charge in [0.1, 0.15) is 0 Å². The molecule has 8 nitrogen and oxygen atoms in total. The monoisotopic (exact) mass is 508 g/mol. The number of hydrogen-bond acceptors (Lipinski definition) is 4. The molecule has 2 heterocycles. The highest BCUT2D eigenvalue weighted by atomic mass is 127. The molecule has 0 aliphatic rings. The van der Waals surface area contributed by atoms with Gasteiger partial charge in [-0.25, -0.2) is 0 Å². The van der Waals surface area contributed by atoms with E-state index in [4.69, 9.17) is 4.42 Å². The quantitative estimate of drug-likeness (QED) is 0.188.